The summed E-state index contributed by atoms with van der Waals surface area (Å²) in [6.45, 7) is 1.42. The zero-order valence-corrected chi connectivity index (χ0v) is 16.2. The van der Waals surface area contributed by atoms with Gasteiger partial charge in [-0.05, 0) is 31.0 Å². The van der Waals surface area contributed by atoms with Crippen LogP contribution in [0.4, 0.5) is 0 Å². The zero-order valence-electron chi connectivity index (χ0n) is 16.2. The molecule has 2 saturated heterocycles. The zero-order chi connectivity index (χ0) is 19.0. The van der Waals surface area contributed by atoms with Crippen molar-refractivity contribution in [3.63, 3.8) is 0 Å². The molecule has 1 N–H and O–H groups in total. The summed E-state index contributed by atoms with van der Waals surface area (Å²) in [6, 6.07) is 6.07. The van der Waals surface area contributed by atoms with Crippen LogP contribution in [0.25, 0.3) is 0 Å². The van der Waals surface area contributed by atoms with Crippen molar-refractivity contribution >= 4 is 11.8 Å². The second-order valence-electron chi connectivity index (χ2n) is 7.97. The molecule has 2 amide bonds. The van der Waals surface area contributed by atoms with Crippen molar-refractivity contribution in [3.8, 4) is 11.5 Å². The van der Waals surface area contributed by atoms with E-state index in [-0.39, 0.29) is 29.7 Å². The summed E-state index contributed by atoms with van der Waals surface area (Å²) in [5.41, 5.74) is 1.10. The third-order valence-corrected chi connectivity index (χ3v) is 6.59. The first kappa shape index (κ1) is 18.3. The number of methoxy groups -OCH3 is 2. The molecule has 146 valence electrons. The Morgan fingerprint density at radius 2 is 1.70 bits per heavy atom. The van der Waals surface area contributed by atoms with Crippen molar-refractivity contribution in [3.05, 3.63) is 23.8 Å². The van der Waals surface area contributed by atoms with Gasteiger partial charge in [0.15, 0.2) is 6.67 Å². The monoisotopic (exact) mass is 373 g/mol. The van der Waals surface area contributed by atoms with Gasteiger partial charge in [0.2, 0.25) is 11.8 Å². The number of likely N-dealkylation sites (tertiary alicyclic amines) is 2. The van der Waals surface area contributed by atoms with E-state index in [0.29, 0.717) is 6.67 Å². The van der Waals surface area contributed by atoms with Gasteiger partial charge in [0.25, 0.3) is 0 Å². The van der Waals surface area contributed by atoms with E-state index >= 15 is 0 Å². The molecular formula is C21H29N2O4+. The lowest BCUT2D eigenvalue weighted by Crippen LogP contribution is -3.12. The van der Waals surface area contributed by atoms with E-state index in [1.165, 1.54) is 4.90 Å². The largest absolute Gasteiger partial charge is 0.497 e. The topological polar surface area (TPSA) is 60.3 Å². The first-order valence-corrected chi connectivity index (χ1v) is 10.1. The predicted molar refractivity (Wildman–Crippen MR) is 99.5 cm³/mol. The van der Waals surface area contributed by atoms with Crippen molar-refractivity contribution in [1.82, 2.24) is 4.90 Å². The van der Waals surface area contributed by atoms with Gasteiger partial charge in [0, 0.05) is 12.8 Å². The average molecular weight is 373 g/mol. The Labute approximate surface area is 160 Å². The van der Waals surface area contributed by atoms with Gasteiger partial charge in [-0.25, -0.2) is 4.90 Å². The number of carbonyl (C=O) groups is 2. The Morgan fingerprint density at radius 1 is 1.00 bits per heavy atom. The molecule has 2 heterocycles. The number of amides is 2. The van der Waals surface area contributed by atoms with E-state index in [4.69, 9.17) is 9.47 Å². The van der Waals surface area contributed by atoms with Crippen molar-refractivity contribution in [1.29, 1.82) is 0 Å². The van der Waals surface area contributed by atoms with Crippen molar-refractivity contribution < 1.29 is 24.0 Å². The van der Waals surface area contributed by atoms with Crippen molar-refractivity contribution in [2.45, 2.75) is 44.6 Å². The number of hydrogen-bond acceptors (Lipinski definition) is 4. The number of carbonyl (C=O) groups excluding carboxylic acids is 2. The molecule has 0 radical (unpaired) electrons. The Bertz CT molecular complexity index is 711. The van der Waals surface area contributed by atoms with Gasteiger partial charge in [-0.1, -0.05) is 12.8 Å². The average Bonchev–Trinajstić information content (AvgIpc) is 3.26. The predicted octanol–water partition coefficient (Wildman–Crippen LogP) is 1.56. The highest BCUT2D eigenvalue weighted by Crippen LogP contribution is 2.38. The molecule has 4 atom stereocenters. The first-order chi connectivity index (χ1) is 13.1. The van der Waals surface area contributed by atoms with E-state index in [0.717, 1.165) is 62.1 Å². The number of ether oxygens (including phenoxy) is 2. The molecule has 1 aromatic carbocycles. The number of hydrogen-bond donors (Lipinski definition) is 1. The van der Waals surface area contributed by atoms with Crippen LogP contribution in [0.5, 0.6) is 11.5 Å². The van der Waals surface area contributed by atoms with Crippen LogP contribution in [0.3, 0.4) is 0 Å². The highest BCUT2D eigenvalue weighted by atomic mass is 16.5. The van der Waals surface area contributed by atoms with E-state index in [1.54, 1.807) is 19.1 Å². The fourth-order valence-electron chi connectivity index (χ4n) is 5.18. The second-order valence-corrected chi connectivity index (χ2v) is 7.97. The molecule has 3 fully saturated rings. The summed E-state index contributed by atoms with van der Waals surface area (Å²) >= 11 is 0. The van der Waals surface area contributed by atoms with Gasteiger partial charge >= 0.3 is 0 Å². The van der Waals surface area contributed by atoms with Gasteiger partial charge in [0.1, 0.15) is 17.5 Å². The lowest BCUT2D eigenvalue weighted by atomic mass is 9.81. The Balaban J connectivity index is 1.56. The van der Waals surface area contributed by atoms with Crippen LogP contribution < -0.4 is 14.4 Å². The van der Waals surface area contributed by atoms with Crippen molar-refractivity contribution in [2.24, 2.45) is 11.8 Å². The molecule has 6 nitrogen and oxygen atoms in total. The van der Waals surface area contributed by atoms with Crippen LogP contribution in [0.15, 0.2) is 18.2 Å². The maximum Gasteiger partial charge on any atom is 0.237 e. The van der Waals surface area contributed by atoms with Gasteiger partial charge < -0.3 is 14.4 Å². The van der Waals surface area contributed by atoms with E-state index in [1.807, 2.05) is 18.2 Å². The maximum atomic E-state index is 12.9. The molecule has 3 aliphatic rings. The highest BCUT2D eigenvalue weighted by molar-refractivity contribution is 6.05. The Morgan fingerprint density at radius 3 is 2.33 bits per heavy atom. The fraction of sp³-hybridized carbons (Fsp3) is 0.619. The molecule has 1 saturated carbocycles. The number of nitrogens with zero attached hydrogens (tertiary/aromatic N) is 1. The molecule has 27 heavy (non-hydrogen) atoms. The third-order valence-electron chi connectivity index (χ3n) is 6.59. The smallest absolute Gasteiger partial charge is 0.237 e. The summed E-state index contributed by atoms with van der Waals surface area (Å²) < 4.78 is 11.0. The van der Waals surface area contributed by atoms with Crippen LogP contribution in [-0.2, 0) is 9.59 Å². The molecule has 0 aromatic heterocycles. The van der Waals surface area contributed by atoms with Crippen LogP contribution in [0, 0.1) is 11.8 Å². The minimum absolute atomic E-state index is 0.0560. The summed E-state index contributed by atoms with van der Waals surface area (Å²) in [6.07, 6.45) is 5.95. The minimum Gasteiger partial charge on any atom is -0.497 e. The summed E-state index contributed by atoms with van der Waals surface area (Å²) in [5, 5.41) is 0. The fourth-order valence-corrected chi connectivity index (χ4v) is 5.18. The molecule has 1 unspecified atom stereocenters. The second kappa shape index (κ2) is 7.50. The molecular weight excluding hydrogens is 344 g/mol. The number of fused-ring (bicyclic) bond motifs is 1. The summed E-state index contributed by atoms with van der Waals surface area (Å²) in [5.74, 6) is 1.61. The molecule has 1 aromatic rings. The van der Waals surface area contributed by atoms with Gasteiger partial charge in [-0.2, -0.15) is 0 Å². The number of nitrogens with one attached hydrogen (secondary N) is 1. The minimum atomic E-state index is -0.0712. The quantitative estimate of drug-likeness (QED) is 0.796. The molecule has 2 aliphatic heterocycles. The Kier molecular flexibility index (Phi) is 5.08. The van der Waals surface area contributed by atoms with Gasteiger partial charge in [-0.15, -0.1) is 0 Å². The van der Waals surface area contributed by atoms with Crippen LogP contribution >= 0.6 is 0 Å². The number of benzene rings is 1. The lowest BCUT2D eigenvalue weighted by molar-refractivity contribution is -0.925. The highest BCUT2D eigenvalue weighted by Gasteiger charge is 2.50. The number of quaternary nitrogens is 1. The van der Waals surface area contributed by atoms with Gasteiger partial charge in [0.05, 0.1) is 38.2 Å². The van der Waals surface area contributed by atoms with E-state index < -0.39 is 0 Å². The molecule has 1 aliphatic carbocycles. The normalized spacial score (nSPS) is 30.5. The number of rotatable bonds is 5. The SMILES string of the molecule is COc1ccc(OC)c([C@H]2CCC[NH+]2CN2C(=O)[C@H]3CCCC[C@H]3C2=O)c1. The number of imide groups is 1. The van der Waals surface area contributed by atoms with Gasteiger partial charge in [-0.3, -0.25) is 9.59 Å². The van der Waals surface area contributed by atoms with Crippen molar-refractivity contribution in [2.75, 3.05) is 27.4 Å². The summed E-state index contributed by atoms with van der Waals surface area (Å²) in [4.78, 5) is 28.5. The molecule has 0 bridgehead atoms. The molecule has 0 spiro atoms. The lowest BCUT2D eigenvalue weighted by Gasteiger charge is -2.27. The standard InChI is InChI=1S/C21H28N2O4/c1-26-14-9-10-19(27-2)17(12-14)18-8-5-11-22(18)13-23-20(24)15-6-3-4-7-16(15)21(23)25/h9-10,12,15-16,18H,3-8,11,13H2,1-2H3/p+1/t15-,16+,18-/m1/s1. The Hall–Kier alpha value is -2.08. The van der Waals surface area contributed by atoms with E-state index in [9.17, 15) is 9.59 Å². The maximum absolute atomic E-state index is 12.9. The first-order valence-electron chi connectivity index (χ1n) is 10.1. The van der Waals surface area contributed by atoms with Crippen LogP contribution in [0.2, 0.25) is 0 Å². The third kappa shape index (κ3) is 3.20. The summed E-state index contributed by atoms with van der Waals surface area (Å²) in [7, 11) is 3.34. The van der Waals surface area contributed by atoms with E-state index in [2.05, 4.69) is 0 Å². The van der Waals surface area contributed by atoms with Crippen LogP contribution in [0.1, 0.15) is 50.1 Å². The molecule has 6 heteroatoms. The molecule has 4 rings (SSSR count). The van der Waals surface area contributed by atoms with Crippen LogP contribution in [-0.4, -0.2) is 44.1 Å².